The van der Waals surface area contributed by atoms with E-state index in [1.54, 1.807) is 0 Å². The maximum atomic E-state index is 14.1. The van der Waals surface area contributed by atoms with Gasteiger partial charge in [-0.15, -0.1) is 0 Å². The maximum Gasteiger partial charge on any atom is 0.146 e. The molecule has 1 unspecified atom stereocenters. The highest BCUT2D eigenvalue weighted by molar-refractivity contribution is 6.44. The summed E-state index contributed by atoms with van der Waals surface area (Å²) in [5, 5.41) is 0. The van der Waals surface area contributed by atoms with Crippen LogP contribution < -0.4 is 0 Å². The second-order valence-corrected chi connectivity index (χ2v) is 3.42. The summed E-state index contributed by atoms with van der Waals surface area (Å²) < 4.78 is 14.1. The molecule has 0 aromatic rings. The first-order valence-corrected chi connectivity index (χ1v) is 4.48. The molecule has 0 amide bonds. The highest BCUT2D eigenvalue weighted by atomic mass is 19.1. The average molecular weight is 165 g/mol. The van der Waals surface area contributed by atoms with Crippen molar-refractivity contribution in [2.75, 3.05) is 0 Å². The summed E-state index contributed by atoms with van der Waals surface area (Å²) in [6.07, 6.45) is 5.01. The number of hydrogen-bond donors (Lipinski definition) is 0. The van der Waals surface area contributed by atoms with Gasteiger partial charge in [-0.25, -0.2) is 4.39 Å². The van der Waals surface area contributed by atoms with Crippen LogP contribution in [0.2, 0.25) is 6.82 Å². The molecule has 0 saturated heterocycles. The minimum absolute atomic E-state index is 0.555. The minimum atomic E-state index is -1.10. The van der Waals surface area contributed by atoms with Gasteiger partial charge in [0.2, 0.25) is 0 Å². The van der Waals surface area contributed by atoms with Crippen LogP contribution in [0, 0.1) is 0 Å². The van der Waals surface area contributed by atoms with Gasteiger partial charge in [0.05, 0.1) is 0 Å². The average Bonchev–Trinajstić information content (AvgIpc) is 2.05. The number of alkyl halides is 1. The molecule has 2 heteroatoms. The smallest absolute Gasteiger partial charge is 0.146 e. The predicted octanol–water partition coefficient (Wildman–Crippen LogP) is 3.09. The topological polar surface area (TPSA) is 0 Å². The lowest BCUT2D eigenvalue weighted by atomic mass is 9.61. The molecule has 1 atom stereocenters. The molecule has 0 nitrogen and oxygen atoms in total. The standard InChI is InChI=1S/C10H15BF/c1-4-10(12)7-8(2)5-6-9(10)11-3/h5-6H,4,7H2,1-3H3. The van der Waals surface area contributed by atoms with E-state index in [0.717, 1.165) is 11.0 Å². The second kappa shape index (κ2) is 3.46. The van der Waals surface area contributed by atoms with E-state index >= 15 is 0 Å². The van der Waals surface area contributed by atoms with E-state index in [4.69, 9.17) is 0 Å². The van der Waals surface area contributed by atoms with Crippen molar-refractivity contribution in [3.05, 3.63) is 23.2 Å². The fraction of sp³-hybridized carbons (Fsp3) is 0.600. The van der Waals surface area contributed by atoms with Crippen LogP contribution in [-0.4, -0.2) is 12.9 Å². The summed E-state index contributed by atoms with van der Waals surface area (Å²) in [4.78, 5) is 0. The Kier molecular flexibility index (Phi) is 2.76. The molecule has 1 aliphatic carbocycles. The highest BCUT2D eigenvalue weighted by Crippen LogP contribution is 2.35. The molecule has 1 radical (unpaired) electrons. The fourth-order valence-corrected chi connectivity index (χ4v) is 1.67. The van der Waals surface area contributed by atoms with Gasteiger partial charge in [0.1, 0.15) is 12.9 Å². The van der Waals surface area contributed by atoms with E-state index in [2.05, 4.69) is 0 Å². The molecular weight excluding hydrogens is 150 g/mol. The quantitative estimate of drug-likeness (QED) is 0.551. The lowest BCUT2D eigenvalue weighted by Crippen LogP contribution is -2.29. The third-order valence-electron chi connectivity index (χ3n) is 2.50. The number of halogens is 1. The zero-order chi connectivity index (χ0) is 9.19. The molecule has 0 N–H and O–H groups in total. The zero-order valence-corrected chi connectivity index (χ0v) is 8.02. The number of allylic oxidation sites excluding steroid dienone is 4. The minimum Gasteiger partial charge on any atom is -0.240 e. The van der Waals surface area contributed by atoms with Gasteiger partial charge in [-0.05, 0) is 13.3 Å². The summed E-state index contributed by atoms with van der Waals surface area (Å²) in [6.45, 7) is 5.77. The first-order valence-electron chi connectivity index (χ1n) is 4.48. The lowest BCUT2D eigenvalue weighted by molar-refractivity contribution is 0.212. The first kappa shape index (κ1) is 9.56. The van der Waals surface area contributed by atoms with Crippen LogP contribution in [0.4, 0.5) is 4.39 Å². The molecule has 0 aliphatic heterocycles. The van der Waals surface area contributed by atoms with E-state index < -0.39 is 5.67 Å². The molecule has 0 saturated carbocycles. The Morgan fingerprint density at radius 1 is 1.58 bits per heavy atom. The van der Waals surface area contributed by atoms with Crippen molar-refractivity contribution >= 4 is 7.28 Å². The van der Waals surface area contributed by atoms with E-state index in [1.807, 2.05) is 40.1 Å². The molecular formula is C10H15BF. The third kappa shape index (κ3) is 1.62. The van der Waals surface area contributed by atoms with Crippen LogP contribution in [-0.2, 0) is 0 Å². The molecule has 12 heavy (non-hydrogen) atoms. The van der Waals surface area contributed by atoms with Gasteiger partial charge in [-0.3, -0.25) is 0 Å². The summed E-state index contributed by atoms with van der Waals surface area (Å²) >= 11 is 0. The highest BCUT2D eigenvalue weighted by Gasteiger charge is 2.32. The Balaban J connectivity index is 2.91. The Morgan fingerprint density at radius 3 is 2.75 bits per heavy atom. The predicted molar refractivity (Wildman–Crippen MR) is 52.2 cm³/mol. The van der Waals surface area contributed by atoms with Crippen LogP contribution in [0.25, 0.3) is 0 Å². The van der Waals surface area contributed by atoms with Gasteiger partial charge in [0, 0.05) is 6.42 Å². The van der Waals surface area contributed by atoms with Gasteiger partial charge < -0.3 is 0 Å². The van der Waals surface area contributed by atoms with E-state index in [9.17, 15) is 4.39 Å². The SMILES string of the molecule is C[B]C1=CC=C(C)CC1(F)CC. The van der Waals surface area contributed by atoms with Gasteiger partial charge in [0.25, 0.3) is 0 Å². The van der Waals surface area contributed by atoms with Crippen LogP contribution in [0.1, 0.15) is 26.7 Å². The summed E-state index contributed by atoms with van der Waals surface area (Å²) in [6, 6.07) is 0. The zero-order valence-electron chi connectivity index (χ0n) is 8.02. The van der Waals surface area contributed by atoms with Gasteiger partial charge >= 0.3 is 0 Å². The molecule has 0 spiro atoms. The van der Waals surface area contributed by atoms with E-state index in [1.165, 1.54) is 0 Å². The van der Waals surface area contributed by atoms with Crippen molar-refractivity contribution in [3.8, 4) is 0 Å². The summed E-state index contributed by atoms with van der Waals surface area (Å²) in [5.74, 6) is 0. The Morgan fingerprint density at radius 2 is 2.25 bits per heavy atom. The fourth-order valence-electron chi connectivity index (χ4n) is 1.67. The molecule has 0 heterocycles. The molecule has 0 aromatic carbocycles. The third-order valence-corrected chi connectivity index (χ3v) is 2.50. The van der Waals surface area contributed by atoms with Gasteiger partial charge in [-0.2, -0.15) is 0 Å². The Bertz CT molecular complexity index is 230. The first-order chi connectivity index (χ1) is 5.62. The van der Waals surface area contributed by atoms with E-state index in [0.29, 0.717) is 12.8 Å². The Labute approximate surface area is 74.8 Å². The largest absolute Gasteiger partial charge is 0.240 e. The maximum absolute atomic E-state index is 14.1. The monoisotopic (exact) mass is 165 g/mol. The van der Waals surface area contributed by atoms with Crippen molar-refractivity contribution in [2.24, 2.45) is 0 Å². The van der Waals surface area contributed by atoms with E-state index in [-0.39, 0.29) is 0 Å². The van der Waals surface area contributed by atoms with Crippen LogP contribution >= 0.6 is 0 Å². The second-order valence-electron chi connectivity index (χ2n) is 3.42. The van der Waals surface area contributed by atoms with Crippen LogP contribution in [0.5, 0.6) is 0 Å². The van der Waals surface area contributed by atoms with Crippen molar-refractivity contribution in [2.45, 2.75) is 39.2 Å². The molecule has 1 aliphatic rings. The molecule has 0 aromatic heterocycles. The molecule has 0 fully saturated rings. The molecule has 0 bridgehead atoms. The van der Waals surface area contributed by atoms with Crippen molar-refractivity contribution in [1.82, 2.24) is 0 Å². The lowest BCUT2D eigenvalue weighted by Gasteiger charge is -2.29. The van der Waals surface area contributed by atoms with Crippen molar-refractivity contribution in [1.29, 1.82) is 0 Å². The summed E-state index contributed by atoms with van der Waals surface area (Å²) in [7, 11) is 1.87. The summed E-state index contributed by atoms with van der Waals surface area (Å²) in [5.41, 5.74) is 0.855. The molecule has 65 valence electrons. The number of rotatable bonds is 2. The van der Waals surface area contributed by atoms with Gasteiger partial charge in [0.15, 0.2) is 0 Å². The van der Waals surface area contributed by atoms with Crippen molar-refractivity contribution < 1.29 is 4.39 Å². The van der Waals surface area contributed by atoms with Gasteiger partial charge in [-0.1, -0.05) is 36.9 Å². The van der Waals surface area contributed by atoms with Crippen molar-refractivity contribution in [3.63, 3.8) is 0 Å². The normalized spacial score (nSPS) is 29.3. The van der Waals surface area contributed by atoms with Crippen LogP contribution in [0.3, 0.4) is 0 Å². The van der Waals surface area contributed by atoms with Crippen LogP contribution in [0.15, 0.2) is 23.2 Å². The number of hydrogen-bond acceptors (Lipinski definition) is 0. The Hall–Kier alpha value is -0.525. The molecule has 1 rings (SSSR count).